The SMILES string of the molecule is O=C(O)c1c(COC2CCOCC2)oc2ccccc12. The summed E-state index contributed by atoms with van der Waals surface area (Å²) >= 11 is 0. The molecule has 3 rings (SSSR count). The first-order valence-electron chi connectivity index (χ1n) is 6.69. The van der Waals surface area contributed by atoms with E-state index in [1.54, 1.807) is 18.2 Å². The third kappa shape index (κ3) is 2.55. The molecule has 1 fully saturated rings. The van der Waals surface area contributed by atoms with Gasteiger partial charge in [0.2, 0.25) is 0 Å². The Bertz CT molecular complexity index is 610. The second kappa shape index (κ2) is 5.64. The van der Waals surface area contributed by atoms with Crippen LogP contribution in [0.4, 0.5) is 0 Å². The number of benzene rings is 1. The second-order valence-electron chi connectivity index (χ2n) is 4.82. The molecule has 0 spiro atoms. The highest BCUT2D eigenvalue weighted by molar-refractivity contribution is 6.03. The molecule has 0 radical (unpaired) electrons. The number of rotatable bonds is 4. The number of carboxylic acids is 1. The molecule has 0 bridgehead atoms. The number of para-hydroxylation sites is 1. The zero-order chi connectivity index (χ0) is 13.9. The number of ether oxygens (including phenoxy) is 2. The van der Waals surface area contributed by atoms with Crippen molar-refractivity contribution in [2.24, 2.45) is 0 Å². The lowest BCUT2D eigenvalue weighted by Gasteiger charge is -2.21. The standard InChI is InChI=1S/C15H16O5/c16-15(17)14-11-3-1-2-4-12(11)20-13(14)9-19-10-5-7-18-8-6-10/h1-4,10H,5-9H2,(H,16,17). The Labute approximate surface area is 116 Å². The molecule has 1 aliphatic rings. The van der Waals surface area contributed by atoms with Gasteiger partial charge < -0.3 is 19.0 Å². The first-order valence-corrected chi connectivity index (χ1v) is 6.69. The maximum absolute atomic E-state index is 11.4. The summed E-state index contributed by atoms with van der Waals surface area (Å²) in [6, 6.07) is 7.13. The van der Waals surface area contributed by atoms with Crippen LogP contribution in [0.1, 0.15) is 29.0 Å². The summed E-state index contributed by atoms with van der Waals surface area (Å²) in [5.74, 6) is -0.606. The van der Waals surface area contributed by atoms with E-state index in [2.05, 4.69) is 0 Å². The van der Waals surface area contributed by atoms with Gasteiger partial charge in [-0.2, -0.15) is 0 Å². The van der Waals surface area contributed by atoms with Crippen molar-refractivity contribution in [2.75, 3.05) is 13.2 Å². The van der Waals surface area contributed by atoms with Crippen molar-refractivity contribution in [1.82, 2.24) is 0 Å². The van der Waals surface area contributed by atoms with E-state index in [-0.39, 0.29) is 18.3 Å². The maximum atomic E-state index is 11.4. The molecule has 106 valence electrons. The fourth-order valence-electron chi connectivity index (χ4n) is 2.47. The Morgan fingerprint density at radius 2 is 2.05 bits per heavy atom. The van der Waals surface area contributed by atoms with Crippen LogP contribution in [-0.2, 0) is 16.1 Å². The Morgan fingerprint density at radius 1 is 1.30 bits per heavy atom. The molecule has 0 aliphatic carbocycles. The van der Waals surface area contributed by atoms with E-state index >= 15 is 0 Å². The van der Waals surface area contributed by atoms with Gasteiger partial charge in [0, 0.05) is 18.6 Å². The van der Waals surface area contributed by atoms with Crippen LogP contribution in [0.5, 0.6) is 0 Å². The molecular weight excluding hydrogens is 260 g/mol. The van der Waals surface area contributed by atoms with E-state index in [1.807, 2.05) is 6.07 Å². The fraction of sp³-hybridized carbons (Fsp3) is 0.400. The van der Waals surface area contributed by atoms with Crippen molar-refractivity contribution >= 4 is 16.9 Å². The average molecular weight is 276 g/mol. The average Bonchev–Trinajstić information content (AvgIpc) is 2.84. The summed E-state index contributed by atoms with van der Waals surface area (Å²) in [6.07, 6.45) is 1.78. The number of aromatic carboxylic acids is 1. The van der Waals surface area contributed by atoms with Crippen molar-refractivity contribution in [3.8, 4) is 0 Å². The van der Waals surface area contributed by atoms with Gasteiger partial charge >= 0.3 is 5.97 Å². The van der Waals surface area contributed by atoms with Crippen molar-refractivity contribution in [2.45, 2.75) is 25.6 Å². The lowest BCUT2D eigenvalue weighted by Crippen LogP contribution is -2.23. The van der Waals surface area contributed by atoms with Gasteiger partial charge in [-0.05, 0) is 18.9 Å². The van der Waals surface area contributed by atoms with Crippen LogP contribution in [0.15, 0.2) is 28.7 Å². The summed E-state index contributed by atoms with van der Waals surface area (Å²) in [7, 11) is 0. The largest absolute Gasteiger partial charge is 0.478 e. The van der Waals surface area contributed by atoms with Gasteiger partial charge in [0.05, 0.1) is 6.10 Å². The van der Waals surface area contributed by atoms with E-state index < -0.39 is 5.97 Å². The Hall–Kier alpha value is -1.85. The van der Waals surface area contributed by atoms with Crippen molar-refractivity contribution in [3.05, 3.63) is 35.6 Å². The molecule has 0 atom stereocenters. The van der Waals surface area contributed by atoms with Crippen molar-refractivity contribution in [3.63, 3.8) is 0 Å². The number of fused-ring (bicyclic) bond motifs is 1. The predicted octanol–water partition coefficient (Wildman–Crippen LogP) is 2.83. The van der Waals surface area contributed by atoms with Crippen molar-refractivity contribution < 1.29 is 23.8 Å². The lowest BCUT2D eigenvalue weighted by atomic mass is 10.1. The zero-order valence-corrected chi connectivity index (χ0v) is 11.0. The van der Waals surface area contributed by atoms with E-state index in [9.17, 15) is 9.90 Å². The van der Waals surface area contributed by atoms with Gasteiger partial charge in [-0.1, -0.05) is 18.2 Å². The second-order valence-corrected chi connectivity index (χ2v) is 4.82. The molecule has 1 N–H and O–H groups in total. The van der Waals surface area contributed by atoms with E-state index in [1.165, 1.54) is 0 Å². The third-order valence-corrected chi connectivity index (χ3v) is 3.50. The number of hydrogen-bond donors (Lipinski definition) is 1. The minimum Gasteiger partial charge on any atom is -0.478 e. The molecule has 0 saturated carbocycles. The van der Waals surface area contributed by atoms with Crippen LogP contribution >= 0.6 is 0 Å². The Morgan fingerprint density at radius 3 is 2.80 bits per heavy atom. The van der Waals surface area contributed by atoms with Gasteiger partial charge in [-0.3, -0.25) is 0 Å². The smallest absolute Gasteiger partial charge is 0.340 e. The van der Waals surface area contributed by atoms with Gasteiger partial charge in [-0.15, -0.1) is 0 Å². The normalized spacial score (nSPS) is 16.6. The highest BCUT2D eigenvalue weighted by Gasteiger charge is 2.22. The molecule has 5 heteroatoms. The van der Waals surface area contributed by atoms with Gasteiger partial charge in [0.1, 0.15) is 23.5 Å². The summed E-state index contributed by atoms with van der Waals surface area (Å²) in [6.45, 7) is 1.56. The van der Waals surface area contributed by atoms with Gasteiger partial charge in [-0.25, -0.2) is 4.79 Å². The highest BCUT2D eigenvalue weighted by atomic mass is 16.5. The molecule has 0 amide bonds. The number of furan rings is 1. The minimum absolute atomic E-state index is 0.110. The fourth-order valence-corrected chi connectivity index (χ4v) is 2.47. The molecule has 20 heavy (non-hydrogen) atoms. The first-order chi connectivity index (χ1) is 9.75. The number of carbonyl (C=O) groups is 1. The molecule has 2 heterocycles. The molecule has 1 aromatic heterocycles. The topological polar surface area (TPSA) is 68.9 Å². The highest BCUT2D eigenvalue weighted by Crippen LogP contribution is 2.27. The molecule has 1 aliphatic heterocycles. The first kappa shape index (κ1) is 13.1. The molecule has 5 nitrogen and oxygen atoms in total. The minimum atomic E-state index is -0.986. The summed E-state index contributed by atoms with van der Waals surface area (Å²) in [5.41, 5.74) is 0.781. The predicted molar refractivity (Wildman–Crippen MR) is 71.8 cm³/mol. The molecule has 1 saturated heterocycles. The van der Waals surface area contributed by atoms with Crippen molar-refractivity contribution in [1.29, 1.82) is 0 Å². The Kier molecular flexibility index (Phi) is 3.71. The molecule has 0 unspecified atom stereocenters. The van der Waals surface area contributed by atoms with E-state index in [4.69, 9.17) is 13.9 Å². The van der Waals surface area contributed by atoms with E-state index in [0.717, 1.165) is 12.8 Å². The third-order valence-electron chi connectivity index (χ3n) is 3.50. The summed E-state index contributed by atoms with van der Waals surface area (Å²) < 4.78 is 16.6. The Balaban J connectivity index is 1.82. The zero-order valence-electron chi connectivity index (χ0n) is 11.0. The maximum Gasteiger partial charge on any atom is 0.340 e. The lowest BCUT2D eigenvalue weighted by molar-refractivity contribution is -0.0433. The van der Waals surface area contributed by atoms with Crippen LogP contribution in [0.2, 0.25) is 0 Å². The van der Waals surface area contributed by atoms with Crippen LogP contribution in [0.25, 0.3) is 11.0 Å². The van der Waals surface area contributed by atoms with Gasteiger partial charge in [0.15, 0.2) is 0 Å². The summed E-state index contributed by atoms with van der Waals surface area (Å²) in [5, 5.41) is 9.97. The van der Waals surface area contributed by atoms with Crippen LogP contribution in [0.3, 0.4) is 0 Å². The molecule has 2 aromatic rings. The monoisotopic (exact) mass is 276 g/mol. The quantitative estimate of drug-likeness (QED) is 0.929. The summed E-state index contributed by atoms with van der Waals surface area (Å²) in [4.78, 5) is 11.4. The molecular formula is C15H16O5. The number of hydrogen-bond acceptors (Lipinski definition) is 4. The molecule has 1 aromatic carbocycles. The van der Waals surface area contributed by atoms with Crippen LogP contribution < -0.4 is 0 Å². The van der Waals surface area contributed by atoms with Gasteiger partial charge in [0.25, 0.3) is 0 Å². The van der Waals surface area contributed by atoms with E-state index in [0.29, 0.717) is 29.9 Å². The van der Waals surface area contributed by atoms with Crippen LogP contribution in [0, 0.1) is 0 Å². The van der Waals surface area contributed by atoms with Crippen LogP contribution in [-0.4, -0.2) is 30.4 Å². The number of carboxylic acid groups (broad SMARTS) is 1.